The summed E-state index contributed by atoms with van der Waals surface area (Å²) in [5, 5.41) is 7.12. The van der Waals surface area contributed by atoms with E-state index < -0.39 is 12.1 Å². The largest absolute Gasteiger partial charge is 0.490 e. The molecule has 0 fully saturated rings. The maximum Gasteiger partial charge on any atom is 0.490 e. The van der Waals surface area contributed by atoms with Gasteiger partial charge in [0.05, 0.1) is 0 Å². The summed E-state index contributed by atoms with van der Waals surface area (Å²) in [7, 11) is 3.91. The normalized spacial score (nSPS) is 11.1. The molecule has 0 rings (SSSR count). The van der Waals surface area contributed by atoms with Crippen molar-refractivity contribution in [3.05, 3.63) is 12.2 Å². The Bertz CT molecular complexity index is 224. The van der Waals surface area contributed by atoms with Crippen molar-refractivity contribution in [1.82, 2.24) is 4.90 Å². The molecule has 0 radical (unpaired) electrons. The van der Waals surface area contributed by atoms with Crippen molar-refractivity contribution in [2.75, 3.05) is 20.6 Å². The zero-order valence-electron chi connectivity index (χ0n) is 8.28. The number of allylic oxidation sites excluding steroid dienone is 1. The standard InChI is InChI=1S/C6H11NO.C2HF3O2/c1-7(2)5-3-4-6-8;3-2(4,5)1(6)7/h3-4,6H,5H2,1-2H3;(H,6,7). The summed E-state index contributed by atoms with van der Waals surface area (Å²) in [6, 6.07) is 0. The molecule has 0 aliphatic rings. The predicted molar refractivity (Wildman–Crippen MR) is 47.4 cm³/mol. The third-order valence-corrected chi connectivity index (χ3v) is 0.928. The number of hydrogen-bond donors (Lipinski definition) is 1. The predicted octanol–water partition coefficient (Wildman–Crippen LogP) is 0.936. The number of halogens is 3. The lowest BCUT2D eigenvalue weighted by Gasteiger charge is -2.01. The number of carbonyl (C=O) groups excluding carboxylic acids is 1. The minimum Gasteiger partial charge on any atom is -0.475 e. The number of aliphatic carboxylic acids is 1. The number of carboxylic acids is 1. The smallest absolute Gasteiger partial charge is 0.475 e. The molecule has 88 valence electrons. The van der Waals surface area contributed by atoms with Crippen molar-refractivity contribution in [1.29, 1.82) is 0 Å². The van der Waals surface area contributed by atoms with Crippen molar-refractivity contribution in [2.45, 2.75) is 6.18 Å². The van der Waals surface area contributed by atoms with Crippen LogP contribution in [-0.2, 0) is 9.59 Å². The molecule has 0 unspecified atom stereocenters. The van der Waals surface area contributed by atoms with Crippen molar-refractivity contribution in [2.24, 2.45) is 0 Å². The Morgan fingerprint density at radius 3 is 2.00 bits per heavy atom. The second-order valence-electron chi connectivity index (χ2n) is 2.63. The number of carboxylic acid groups (broad SMARTS) is 1. The van der Waals surface area contributed by atoms with Crippen LogP contribution in [0.2, 0.25) is 0 Å². The van der Waals surface area contributed by atoms with Crippen LogP contribution >= 0.6 is 0 Å². The third-order valence-electron chi connectivity index (χ3n) is 0.928. The summed E-state index contributed by atoms with van der Waals surface area (Å²) >= 11 is 0. The molecule has 0 aliphatic carbocycles. The fourth-order valence-electron chi connectivity index (χ4n) is 0.327. The van der Waals surface area contributed by atoms with Crippen LogP contribution in [0.4, 0.5) is 13.2 Å². The molecule has 4 nitrogen and oxygen atoms in total. The third kappa shape index (κ3) is 15.4. The molecule has 0 aromatic carbocycles. The second-order valence-corrected chi connectivity index (χ2v) is 2.63. The van der Waals surface area contributed by atoms with Gasteiger partial charge in [-0.15, -0.1) is 0 Å². The van der Waals surface area contributed by atoms with Crippen LogP contribution in [-0.4, -0.2) is 49.1 Å². The summed E-state index contributed by atoms with van der Waals surface area (Å²) in [6.45, 7) is 0.832. The molecule has 0 aromatic rings. The first-order valence-electron chi connectivity index (χ1n) is 3.77. The van der Waals surface area contributed by atoms with Gasteiger partial charge in [0.15, 0.2) is 0 Å². The number of carbonyl (C=O) groups is 2. The molecular formula is C8H12F3NO3. The van der Waals surface area contributed by atoms with Crippen molar-refractivity contribution < 1.29 is 27.9 Å². The molecule has 1 N–H and O–H groups in total. The van der Waals surface area contributed by atoms with E-state index in [1.54, 1.807) is 0 Å². The molecular weight excluding hydrogens is 215 g/mol. The van der Waals surface area contributed by atoms with Gasteiger partial charge in [-0.25, -0.2) is 4.79 Å². The molecule has 0 aliphatic heterocycles. The summed E-state index contributed by atoms with van der Waals surface area (Å²) in [4.78, 5) is 20.6. The van der Waals surface area contributed by atoms with Crippen LogP contribution in [0.1, 0.15) is 0 Å². The van der Waals surface area contributed by atoms with E-state index in [-0.39, 0.29) is 0 Å². The van der Waals surface area contributed by atoms with Gasteiger partial charge in [0.2, 0.25) is 0 Å². The molecule has 0 atom stereocenters. The van der Waals surface area contributed by atoms with E-state index in [1.165, 1.54) is 6.08 Å². The fraction of sp³-hybridized carbons (Fsp3) is 0.500. The zero-order chi connectivity index (χ0) is 12.5. The van der Waals surface area contributed by atoms with Gasteiger partial charge in [-0.2, -0.15) is 13.2 Å². The van der Waals surface area contributed by atoms with Gasteiger partial charge in [0.25, 0.3) is 0 Å². The lowest BCUT2D eigenvalue weighted by atomic mass is 10.5. The van der Waals surface area contributed by atoms with Gasteiger partial charge < -0.3 is 10.0 Å². The van der Waals surface area contributed by atoms with Gasteiger partial charge in [0, 0.05) is 6.54 Å². The van der Waals surface area contributed by atoms with E-state index in [1.807, 2.05) is 25.1 Å². The Labute approximate surface area is 85.0 Å². The number of likely N-dealkylation sites (N-methyl/N-ethyl adjacent to an activating group) is 1. The Hall–Kier alpha value is -1.37. The second kappa shape index (κ2) is 7.98. The van der Waals surface area contributed by atoms with Gasteiger partial charge in [-0.3, -0.25) is 4.79 Å². The van der Waals surface area contributed by atoms with Gasteiger partial charge in [-0.1, -0.05) is 6.08 Å². The van der Waals surface area contributed by atoms with E-state index in [0.717, 1.165) is 12.8 Å². The fourth-order valence-corrected chi connectivity index (χ4v) is 0.327. The number of rotatable bonds is 3. The van der Waals surface area contributed by atoms with Crippen molar-refractivity contribution in [3.8, 4) is 0 Å². The summed E-state index contributed by atoms with van der Waals surface area (Å²) in [6.07, 6.45) is -0.990. The maximum absolute atomic E-state index is 10.6. The first-order valence-corrected chi connectivity index (χ1v) is 3.77. The SMILES string of the molecule is CN(C)CC=CC=O.O=C(O)C(F)(F)F. The first-order chi connectivity index (χ1) is 6.71. The van der Waals surface area contributed by atoms with Gasteiger partial charge in [-0.05, 0) is 20.2 Å². The monoisotopic (exact) mass is 227 g/mol. The van der Waals surface area contributed by atoms with Crippen LogP contribution in [0.15, 0.2) is 12.2 Å². The van der Waals surface area contributed by atoms with Crippen molar-refractivity contribution >= 4 is 12.3 Å². The lowest BCUT2D eigenvalue weighted by molar-refractivity contribution is -0.192. The Kier molecular flexibility index (Phi) is 8.55. The molecule has 0 bridgehead atoms. The Balaban J connectivity index is 0. The average molecular weight is 227 g/mol. The van der Waals surface area contributed by atoms with Crippen LogP contribution in [0, 0.1) is 0 Å². The number of hydrogen-bond acceptors (Lipinski definition) is 3. The highest BCUT2D eigenvalue weighted by Crippen LogP contribution is 2.13. The van der Waals surface area contributed by atoms with E-state index in [9.17, 15) is 18.0 Å². The highest BCUT2D eigenvalue weighted by Gasteiger charge is 2.38. The molecule has 15 heavy (non-hydrogen) atoms. The zero-order valence-corrected chi connectivity index (χ0v) is 8.28. The van der Waals surface area contributed by atoms with E-state index in [2.05, 4.69) is 0 Å². The summed E-state index contributed by atoms with van der Waals surface area (Å²) in [5.74, 6) is -2.76. The maximum atomic E-state index is 10.6. The number of alkyl halides is 3. The first kappa shape index (κ1) is 16.1. The van der Waals surface area contributed by atoms with E-state index in [0.29, 0.717) is 0 Å². The molecule has 0 aromatic heterocycles. The van der Waals surface area contributed by atoms with E-state index >= 15 is 0 Å². The van der Waals surface area contributed by atoms with Gasteiger partial charge >= 0.3 is 12.1 Å². The molecule has 0 heterocycles. The molecule has 0 amide bonds. The summed E-state index contributed by atoms with van der Waals surface area (Å²) in [5.41, 5.74) is 0. The van der Waals surface area contributed by atoms with Crippen LogP contribution < -0.4 is 0 Å². The summed E-state index contributed by atoms with van der Waals surface area (Å²) < 4.78 is 31.7. The quantitative estimate of drug-likeness (QED) is 0.575. The molecule has 0 saturated carbocycles. The van der Waals surface area contributed by atoms with Crippen LogP contribution in [0.3, 0.4) is 0 Å². The van der Waals surface area contributed by atoms with Crippen LogP contribution in [0.25, 0.3) is 0 Å². The number of aldehydes is 1. The topological polar surface area (TPSA) is 57.6 Å². The molecule has 7 heteroatoms. The number of nitrogens with zero attached hydrogens (tertiary/aromatic N) is 1. The molecule has 0 spiro atoms. The Morgan fingerprint density at radius 1 is 1.40 bits per heavy atom. The van der Waals surface area contributed by atoms with Crippen LogP contribution in [0.5, 0.6) is 0 Å². The average Bonchev–Trinajstić information content (AvgIpc) is 2.03. The van der Waals surface area contributed by atoms with Crippen molar-refractivity contribution in [3.63, 3.8) is 0 Å². The minimum absolute atomic E-state index is 0.781. The van der Waals surface area contributed by atoms with Gasteiger partial charge in [0.1, 0.15) is 6.29 Å². The minimum atomic E-state index is -5.08. The van der Waals surface area contributed by atoms with E-state index in [4.69, 9.17) is 9.90 Å². The highest BCUT2D eigenvalue weighted by atomic mass is 19.4. The highest BCUT2D eigenvalue weighted by molar-refractivity contribution is 5.73. The molecule has 0 saturated heterocycles. The lowest BCUT2D eigenvalue weighted by Crippen LogP contribution is -2.21. The Morgan fingerprint density at radius 2 is 1.80 bits per heavy atom.